The van der Waals surface area contributed by atoms with Crippen LogP contribution < -0.4 is 15.4 Å². The molecule has 2 N–H and O–H groups in total. The van der Waals surface area contributed by atoms with E-state index in [1.54, 1.807) is 31.1 Å². The molecule has 20 heavy (non-hydrogen) atoms. The van der Waals surface area contributed by atoms with Crippen LogP contribution in [0, 0.1) is 11.3 Å². The molecule has 106 valence electrons. The summed E-state index contributed by atoms with van der Waals surface area (Å²) in [7, 11) is 1.55. The van der Waals surface area contributed by atoms with E-state index in [4.69, 9.17) is 10.5 Å². The Morgan fingerprint density at radius 3 is 2.50 bits per heavy atom. The van der Waals surface area contributed by atoms with E-state index in [0.29, 0.717) is 43.2 Å². The van der Waals surface area contributed by atoms with Gasteiger partial charge in [-0.15, -0.1) is 0 Å². The Balaban J connectivity index is 2.25. The number of nitriles is 1. The number of nitrogens with two attached hydrogens (primary N) is 1. The van der Waals surface area contributed by atoms with Crippen LogP contribution >= 0.6 is 0 Å². The van der Waals surface area contributed by atoms with Gasteiger partial charge in [-0.2, -0.15) is 5.26 Å². The number of nitrogens with zero attached hydrogens (tertiary/aromatic N) is 3. The summed E-state index contributed by atoms with van der Waals surface area (Å²) in [6.45, 7) is 4.28. The number of carbonyl (C=O) groups is 1. The monoisotopic (exact) mass is 274 g/mol. The third kappa shape index (κ3) is 2.62. The number of piperazine rings is 1. The summed E-state index contributed by atoms with van der Waals surface area (Å²) in [6, 6.07) is 5.58. The number of ether oxygens (including phenoxy) is 1. The van der Waals surface area contributed by atoms with E-state index < -0.39 is 0 Å². The van der Waals surface area contributed by atoms with Gasteiger partial charge >= 0.3 is 0 Å². The second kappa shape index (κ2) is 5.70. The number of anilines is 2. The lowest BCUT2D eigenvalue weighted by atomic mass is 10.1. The summed E-state index contributed by atoms with van der Waals surface area (Å²) in [5.74, 6) is 0.646. The van der Waals surface area contributed by atoms with Crippen molar-refractivity contribution >= 4 is 17.3 Å². The number of methoxy groups -OCH3 is 1. The largest absolute Gasteiger partial charge is 0.495 e. The normalized spacial score (nSPS) is 14.8. The van der Waals surface area contributed by atoms with Crippen LogP contribution in [0.25, 0.3) is 0 Å². The van der Waals surface area contributed by atoms with Crippen LogP contribution in [0.4, 0.5) is 11.4 Å². The highest BCUT2D eigenvalue weighted by Crippen LogP contribution is 2.31. The number of amides is 1. The fourth-order valence-corrected chi connectivity index (χ4v) is 2.38. The van der Waals surface area contributed by atoms with E-state index in [0.717, 1.165) is 5.69 Å². The van der Waals surface area contributed by atoms with E-state index >= 15 is 0 Å². The van der Waals surface area contributed by atoms with Crippen LogP contribution in [0.15, 0.2) is 12.1 Å². The predicted octanol–water partition coefficient (Wildman–Crippen LogP) is 0.818. The highest BCUT2D eigenvalue weighted by Gasteiger charge is 2.21. The molecular weight excluding hydrogens is 256 g/mol. The van der Waals surface area contributed by atoms with Gasteiger partial charge in [-0.05, 0) is 6.07 Å². The molecule has 0 bridgehead atoms. The van der Waals surface area contributed by atoms with Gasteiger partial charge in [0.1, 0.15) is 11.8 Å². The van der Waals surface area contributed by atoms with Crippen LogP contribution in [-0.2, 0) is 4.79 Å². The van der Waals surface area contributed by atoms with Gasteiger partial charge in [0.2, 0.25) is 5.91 Å². The maximum absolute atomic E-state index is 11.3. The minimum absolute atomic E-state index is 0.0834. The lowest BCUT2D eigenvalue weighted by molar-refractivity contribution is -0.129. The molecule has 0 unspecified atom stereocenters. The van der Waals surface area contributed by atoms with Crippen molar-refractivity contribution < 1.29 is 9.53 Å². The van der Waals surface area contributed by atoms with E-state index in [1.807, 2.05) is 0 Å². The molecule has 6 heteroatoms. The summed E-state index contributed by atoms with van der Waals surface area (Å²) >= 11 is 0. The zero-order chi connectivity index (χ0) is 14.7. The van der Waals surface area contributed by atoms with Crippen molar-refractivity contribution in [2.24, 2.45) is 0 Å². The van der Waals surface area contributed by atoms with E-state index in [2.05, 4.69) is 11.0 Å². The first-order valence-electron chi connectivity index (χ1n) is 6.45. The Hall–Kier alpha value is -2.42. The molecule has 1 aromatic rings. The molecule has 0 aliphatic carbocycles. The molecule has 2 rings (SSSR count). The Morgan fingerprint density at radius 2 is 2.00 bits per heavy atom. The first-order valence-corrected chi connectivity index (χ1v) is 6.45. The molecule has 1 aliphatic heterocycles. The highest BCUT2D eigenvalue weighted by atomic mass is 16.5. The van der Waals surface area contributed by atoms with Gasteiger partial charge in [-0.25, -0.2) is 0 Å². The first-order chi connectivity index (χ1) is 9.56. The zero-order valence-corrected chi connectivity index (χ0v) is 11.7. The molecule has 0 spiro atoms. The molecule has 1 amide bonds. The smallest absolute Gasteiger partial charge is 0.219 e. The van der Waals surface area contributed by atoms with E-state index in [9.17, 15) is 10.1 Å². The predicted molar refractivity (Wildman–Crippen MR) is 76.6 cm³/mol. The van der Waals surface area contributed by atoms with Crippen molar-refractivity contribution in [1.29, 1.82) is 5.26 Å². The molecular formula is C14H18N4O2. The maximum atomic E-state index is 11.3. The number of benzene rings is 1. The summed E-state index contributed by atoms with van der Waals surface area (Å²) in [5, 5.41) is 9.24. The molecule has 0 atom stereocenters. The number of carbonyl (C=O) groups excluding carboxylic acids is 1. The van der Waals surface area contributed by atoms with Gasteiger partial charge in [0.25, 0.3) is 0 Å². The third-order valence-electron chi connectivity index (χ3n) is 3.53. The second-order valence-electron chi connectivity index (χ2n) is 4.72. The average Bonchev–Trinajstić information content (AvgIpc) is 2.47. The topological polar surface area (TPSA) is 82.6 Å². The van der Waals surface area contributed by atoms with Crippen molar-refractivity contribution in [3.05, 3.63) is 17.7 Å². The van der Waals surface area contributed by atoms with Crippen LogP contribution in [-0.4, -0.2) is 44.1 Å². The van der Waals surface area contributed by atoms with Gasteiger partial charge < -0.3 is 20.3 Å². The lowest BCUT2D eigenvalue weighted by Crippen LogP contribution is -2.48. The van der Waals surface area contributed by atoms with E-state index in [1.165, 1.54) is 0 Å². The molecule has 0 radical (unpaired) electrons. The Bertz CT molecular complexity index is 557. The van der Waals surface area contributed by atoms with E-state index in [-0.39, 0.29) is 5.91 Å². The van der Waals surface area contributed by atoms with Crippen molar-refractivity contribution in [2.45, 2.75) is 6.92 Å². The van der Waals surface area contributed by atoms with Crippen LogP contribution in [0.3, 0.4) is 0 Å². The van der Waals surface area contributed by atoms with Crippen LogP contribution in [0.5, 0.6) is 5.75 Å². The minimum atomic E-state index is 0.0834. The molecule has 1 aliphatic rings. The highest BCUT2D eigenvalue weighted by molar-refractivity contribution is 5.74. The van der Waals surface area contributed by atoms with Crippen LogP contribution in [0.1, 0.15) is 12.5 Å². The average molecular weight is 274 g/mol. The van der Waals surface area contributed by atoms with Crippen molar-refractivity contribution in [3.63, 3.8) is 0 Å². The molecule has 6 nitrogen and oxygen atoms in total. The Morgan fingerprint density at radius 1 is 1.35 bits per heavy atom. The number of nitrogen functional groups attached to an aromatic ring is 1. The standard InChI is InChI=1S/C14H18N4O2/c1-10(19)17-3-5-18(6-4-17)13-8-14(20-2)12(16)7-11(13)9-15/h7-8H,3-6,16H2,1-2H3. The maximum Gasteiger partial charge on any atom is 0.219 e. The third-order valence-corrected chi connectivity index (χ3v) is 3.53. The van der Waals surface area contributed by atoms with Crippen LogP contribution in [0.2, 0.25) is 0 Å². The van der Waals surface area contributed by atoms with Crippen molar-refractivity contribution in [1.82, 2.24) is 4.90 Å². The summed E-state index contributed by atoms with van der Waals surface area (Å²) in [4.78, 5) is 15.2. The zero-order valence-electron chi connectivity index (χ0n) is 11.7. The molecule has 0 aromatic heterocycles. The number of hydrogen-bond donors (Lipinski definition) is 1. The van der Waals surface area contributed by atoms with Crippen molar-refractivity contribution in [2.75, 3.05) is 43.9 Å². The quantitative estimate of drug-likeness (QED) is 0.807. The van der Waals surface area contributed by atoms with Gasteiger partial charge in [0.05, 0.1) is 24.0 Å². The summed E-state index contributed by atoms with van der Waals surface area (Å²) < 4.78 is 5.21. The van der Waals surface area contributed by atoms with Gasteiger partial charge in [-0.3, -0.25) is 4.79 Å². The SMILES string of the molecule is COc1cc(N2CCN(C(C)=O)CC2)c(C#N)cc1N. The molecule has 1 saturated heterocycles. The minimum Gasteiger partial charge on any atom is -0.495 e. The summed E-state index contributed by atoms with van der Waals surface area (Å²) in [5.41, 5.74) is 7.61. The first kappa shape index (κ1) is 14.0. The molecule has 1 fully saturated rings. The molecule has 1 aromatic carbocycles. The fourth-order valence-electron chi connectivity index (χ4n) is 2.38. The fraction of sp³-hybridized carbons (Fsp3) is 0.429. The number of hydrogen-bond acceptors (Lipinski definition) is 5. The van der Waals surface area contributed by atoms with Gasteiger partial charge in [-0.1, -0.05) is 0 Å². The number of rotatable bonds is 2. The molecule has 1 heterocycles. The van der Waals surface area contributed by atoms with Crippen molar-refractivity contribution in [3.8, 4) is 11.8 Å². The van der Waals surface area contributed by atoms with Gasteiger partial charge in [0, 0.05) is 39.2 Å². The lowest BCUT2D eigenvalue weighted by Gasteiger charge is -2.36. The molecule has 0 saturated carbocycles. The Kier molecular flexibility index (Phi) is 3.99. The second-order valence-corrected chi connectivity index (χ2v) is 4.72. The van der Waals surface area contributed by atoms with Gasteiger partial charge in [0.15, 0.2) is 0 Å². The summed E-state index contributed by atoms with van der Waals surface area (Å²) in [6.07, 6.45) is 0. The Labute approximate surface area is 118 Å².